The van der Waals surface area contributed by atoms with Crippen molar-refractivity contribution in [3.8, 4) is 0 Å². The van der Waals surface area contributed by atoms with Crippen molar-refractivity contribution >= 4 is 7.94 Å². The molecule has 4 N–H and O–H groups in total. The summed E-state index contributed by atoms with van der Waals surface area (Å²) in [6.45, 7) is 4.58. The molecule has 0 radical (unpaired) electrons. The van der Waals surface area contributed by atoms with Gasteiger partial charge in [0, 0.05) is 0 Å². The van der Waals surface area contributed by atoms with Crippen LogP contribution in [0.25, 0.3) is 0 Å². The summed E-state index contributed by atoms with van der Waals surface area (Å²) in [7, 11) is -3.70. The largest absolute Gasteiger partial charge is 0.421 e. The fraction of sp³-hybridized carbons (Fsp3) is 1.00. The van der Waals surface area contributed by atoms with E-state index in [0.717, 1.165) is 13.0 Å². The standard InChI is InChI=1S/C14H33NO3P/c1-3-4-5-6-7-8-9-10-11-12-13-15-14(2)19(16,17)18/h14-18H,3-13H2,1-2H3/q+1. The second-order valence-corrected chi connectivity index (χ2v) is 7.43. The third-order valence-electron chi connectivity index (χ3n) is 3.49. The Balaban J connectivity index is 3.15. The molecule has 0 aliphatic carbocycles. The van der Waals surface area contributed by atoms with Crippen molar-refractivity contribution in [2.45, 2.75) is 83.8 Å². The molecule has 0 spiro atoms. The Morgan fingerprint density at radius 2 is 1.21 bits per heavy atom. The minimum absolute atomic E-state index is 0.605. The molecule has 0 bridgehead atoms. The van der Waals surface area contributed by atoms with Crippen LogP contribution in [0.15, 0.2) is 0 Å². The van der Waals surface area contributed by atoms with Crippen molar-refractivity contribution in [1.29, 1.82) is 0 Å². The van der Waals surface area contributed by atoms with E-state index in [1.165, 1.54) is 57.8 Å². The highest BCUT2D eigenvalue weighted by atomic mass is 31.2. The first-order chi connectivity index (χ1) is 8.98. The maximum atomic E-state index is 9.01. The van der Waals surface area contributed by atoms with Crippen LogP contribution in [0.5, 0.6) is 0 Å². The van der Waals surface area contributed by atoms with Crippen LogP contribution in [0.2, 0.25) is 0 Å². The first-order valence-corrected chi connectivity index (χ1v) is 9.50. The van der Waals surface area contributed by atoms with Gasteiger partial charge in [0.05, 0.1) is 0 Å². The molecule has 0 aromatic rings. The van der Waals surface area contributed by atoms with Gasteiger partial charge in [-0.05, 0) is 19.9 Å². The van der Waals surface area contributed by atoms with Crippen LogP contribution in [-0.4, -0.2) is 27.0 Å². The number of rotatable bonds is 13. The summed E-state index contributed by atoms with van der Waals surface area (Å²) >= 11 is 0. The normalized spacial score (nSPS) is 13.7. The molecule has 0 saturated heterocycles. The topological polar surface area (TPSA) is 72.7 Å². The summed E-state index contributed by atoms with van der Waals surface area (Å²) < 4.78 is 0. The van der Waals surface area contributed by atoms with E-state index < -0.39 is 13.7 Å². The number of hydrogen-bond donors (Lipinski definition) is 4. The molecule has 116 valence electrons. The molecular formula is C14H33NO3P+. The van der Waals surface area contributed by atoms with E-state index in [2.05, 4.69) is 12.2 Å². The molecule has 0 saturated carbocycles. The lowest BCUT2D eigenvalue weighted by molar-refractivity contribution is 0.307. The molecule has 0 aliphatic rings. The third-order valence-corrected chi connectivity index (χ3v) is 4.71. The van der Waals surface area contributed by atoms with Gasteiger partial charge < -0.3 is 0 Å². The molecule has 19 heavy (non-hydrogen) atoms. The van der Waals surface area contributed by atoms with Crippen molar-refractivity contribution in [2.75, 3.05) is 6.54 Å². The number of hydrogen-bond acceptors (Lipinski definition) is 4. The highest BCUT2D eigenvalue weighted by Crippen LogP contribution is 2.48. The smallest absolute Gasteiger partial charge is 0.276 e. The Hall–Kier alpha value is 0.270. The van der Waals surface area contributed by atoms with Gasteiger partial charge in [0.15, 0.2) is 5.78 Å². The van der Waals surface area contributed by atoms with E-state index in [4.69, 9.17) is 14.7 Å². The van der Waals surface area contributed by atoms with Gasteiger partial charge in [0.1, 0.15) is 0 Å². The summed E-state index contributed by atoms with van der Waals surface area (Å²) in [5, 5.41) is 2.95. The molecule has 0 amide bonds. The van der Waals surface area contributed by atoms with Crippen LogP contribution in [0.1, 0.15) is 78.1 Å². The van der Waals surface area contributed by atoms with E-state index >= 15 is 0 Å². The van der Waals surface area contributed by atoms with Crippen molar-refractivity contribution in [2.24, 2.45) is 0 Å². The second-order valence-electron chi connectivity index (χ2n) is 5.43. The summed E-state index contributed by atoms with van der Waals surface area (Å²) in [6, 6.07) is 0. The monoisotopic (exact) mass is 294 g/mol. The van der Waals surface area contributed by atoms with Crippen LogP contribution in [0.3, 0.4) is 0 Å². The minimum atomic E-state index is -3.70. The van der Waals surface area contributed by atoms with E-state index in [1.54, 1.807) is 6.92 Å². The average Bonchev–Trinajstić information content (AvgIpc) is 2.34. The molecule has 1 unspecified atom stereocenters. The zero-order valence-electron chi connectivity index (χ0n) is 12.6. The molecule has 0 heterocycles. The van der Waals surface area contributed by atoms with Crippen LogP contribution in [-0.2, 0) is 0 Å². The highest BCUT2D eigenvalue weighted by Gasteiger charge is 2.38. The number of unbranched alkanes of at least 4 members (excludes halogenated alkanes) is 9. The van der Waals surface area contributed by atoms with Gasteiger partial charge in [-0.2, -0.15) is 14.7 Å². The van der Waals surface area contributed by atoms with E-state index in [1.807, 2.05) is 0 Å². The SMILES string of the molecule is CCCCCCCCCCCCNC(C)[P+](O)(O)O. The lowest BCUT2D eigenvalue weighted by Gasteiger charge is -2.13. The zero-order chi connectivity index (χ0) is 14.6. The molecule has 1 atom stereocenters. The van der Waals surface area contributed by atoms with Crippen LogP contribution < -0.4 is 5.32 Å². The van der Waals surface area contributed by atoms with Crippen molar-refractivity contribution in [3.63, 3.8) is 0 Å². The fourth-order valence-corrected chi connectivity index (χ4v) is 2.42. The molecule has 4 nitrogen and oxygen atoms in total. The Bertz CT molecular complexity index is 198. The van der Waals surface area contributed by atoms with Gasteiger partial charge in [0.2, 0.25) is 0 Å². The van der Waals surface area contributed by atoms with Gasteiger partial charge in [0.25, 0.3) is 0 Å². The Labute approximate surface area is 119 Å². The molecule has 0 aromatic carbocycles. The Kier molecular flexibility index (Phi) is 12.2. The van der Waals surface area contributed by atoms with Crippen LogP contribution in [0.4, 0.5) is 0 Å². The van der Waals surface area contributed by atoms with Gasteiger partial charge in [-0.15, -0.1) is 0 Å². The predicted octanol–water partition coefficient (Wildman–Crippen LogP) is 3.58. The molecular weight excluding hydrogens is 261 g/mol. The average molecular weight is 294 g/mol. The predicted molar refractivity (Wildman–Crippen MR) is 82.9 cm³/mol. The summed E-state index contributed by atoms with van der Waals surface area (Å²) in [5.41, 5.74) is 0. The van der Waals surface area contributed by atoms with Crippen LogP contribution in [0, 0.1) is 0 Å². The van der Waals surface area contributed by atoms with Gasteiger partial charge in [-0.1, -0.05) is 64.7 Å². The maximum Gasteiger partial charge on any atom is 0.421 e. The van der Waals surface area contributed by atoms with Crippen molar-refractivity contribution in [3.05, 3.63) is 0 Å². The fourth-order valence-electron chi connectivity index (χ4n) is 2.05. The third kappa shape index (κ3) is 13.0. The second kappa shape index (κ2) is 12.0. The zero-order valence-corrected chi connectivity index (χ0v) is 13.5. The van der Waals surface area contributed by atoms with E-state index in [-0.39, 0.29) is 0 Å². The molecule has 0 aromatic heterocycles. The highest BCUT2D eigenvalue weighted by molar-refractivity contribution is 7.59. The van der Waals surface area contributed by atoms with E-state index in [0.29, 0.717) is 0 Å². The van der Waals surface area contributed by atoms with Gasteiger partial charge in [-0.3, -0.25) is 5.32 Å². The summed E-state index contributed by atoms with van der Waals surface area (Å²) in [5.74, 6) is -0.605. The summed E-state index contributed by atoms with van der Waals surface area (Å²) in [6.07, 6.45) is 12.9. The first-order valence-electron chi connectivity index (χ1n) is 7.78. The van der Waals surface area contributed by atoms with Gasteiger partial charge >= 0.3 is 7.94 Å². The molecule has 0 rings (SSSR count). The minimum Gasteiger partial charge on any atom is -0.276 e. The Morgan fingerprint density at radius 1 is 0.789 bits per heavy atom. The Morgan fingerprint density at radius 3 is 1.63 bits per heavy atom. The lowest BCUT2D eigenvalue weighted by atomic mass is 10.1. The molecule has 5 heteroatoms. The number of nitrogens with one attached hydrogen (secondary N) is 1. The lowest BCUT2D eigenvalue weighted by Crippen LogP contribution is -2.29. The summed E-state index contributed by atoms with van der Waals surface area (Å²) in [4.78, 5) is 27.0. The molecule has 0 fully saturated rings. The maximum absolute atomic E-state index is 9.01. The van der Waals surface area contributed by atoms with Crippen molar-refractivity contribution in [1.82, 2.24) is 5.32 Å². The van der Waals surface area contributed by atoms with Gasteiger partial charge in [-0.25, -0.2) is 0 Å². The van der Waals surface area contributed by atoms with Crippen LogP contribution >= 0.6 is 7.94 Å². The quantitative estimate of drug-likeness (QED) is 0.309. The van der Waals surface area contributed by atoms with Crippen molar-refractivity contribution < 1.29 is 14.7 Å². The van der Waals surface area contributed by atoms with E-state index in [9.17, 15) is 0 Å². The first kappa shape index (κ1) is 19.3. The molecule has 0 aliphatic heterocycles.